The Morgan fingerprint density at radius 1 is 1.00 bits per heavy atom. The van der Waals surface area contributed by atoms with E-state index in [0.29, 0.717) is 17.5 Å². The second-order valence-corrected chi connectivity index (χ2v) is 5.94. The fourth-order valence-electron chi connectivity index (χ4n) is 2.92. The molecule has 2 aromatic carbocycles. The molecule has 0 aromatic heterocycles. The van der Waals surface area contributed by atoms with Crippen molar-refractivity contribution in [3.05, 3.63) is 71.3 Å². The SMILES string of the molecule is CCOC(=O)[C@H](Cc1ccccc1)NCN1C(=O)c2ccccc2C1=O. The fourth-order valence-corrected chi connectivity index (χ4v) is 2.92. The van der Waals surface area contributed by atoms with Gasteiger partial charge in [-0.15, -0.1) is 0 Å². The quantitative estimate of drug-likeness (QED) is 0.609. The average molecular weight is 352 g/mol. The van der Waals surface area contributed by atoms with E-state index in [9.17, 15) is 14.4 Å². The monoisotopic (exact) mass is 352 g/mol. The van der Waals surface area contributed by atoms with Crippen LogP contribution < -0.4 is 5.32 Å². The van der Waals surface area contributed by atoms with Gasteiger partial charge in [-0.1, -0.05) is 42.5 Å². The number of imide groups is 1. The summed E-state index contributed by atoms with van der Waals surface area (Å²) in [6.07, 6.45) is 0.406. The highest BCUT2D eigenvalue weighted by atomic mass is 16.5. The maximum Gasteiger partial charge on any atom is 0.323 e. The molecule has 0 radical (unpaired) electrons. The summed E-state index contributed by atoms with van der Waals surface area (Å²) in [4.78, 5) is 38.2. The van der Waals surface area contributed by atoms with E-state index >= 15 is 0 Å². The summed E-state index contributed by atoms with van der Waals surface area (Å²) in [5, 5.41) is 3.00. The van der Waals surface area contributed by atoms with Crippen LogP contribution in [-0.2, 0) is 16.0 Å². The van der Waals surface area contributed by atoms with Gasteiger partial charge in [0.05, 0.1) is 24.4 Å². The maximum atomic E-state index is 12.4. The van der Waals surface area contributed by atoms with E-state index in [0.717, 1.165) is 10.5 Å². The van der Waals surface area contributed by atoms with Crippen LogP contribution in [0, 0.1) is 0 Å². The molecule has 2 aromatic rings. The summed E-state index contributed by atoms with van der Waals surface area (Å²) in [7, 11) is 0. The molecular weight excluding hydrogens is 332 g/mol. The third-order valence-electron chi connectivity index (χ3n) is 4.23. The van der Waals surface area contributed by atoms with Crippen molar-refractivity contribution in [2.75, 3.05) is 13.3 Å². The first-order valence-corrected chi connectivity index (χ1v) is 8.51. The highest BCUT2D eigenvalue weighted by Crippen LogP contribution is 2.21. The van der Waals surface area contributed by atoms with Gasteiger partial charge in [0.15, 0.2) is 0 Å². The second kappa shape index (κ2) is 7.93. The van der Waals surface area contributed by atoms with Crippen molar-refractivity contribution in [1.82, 2.24) is 10.2 Å². The van der Waals surface area contributed by atoms with Crippen molar-refractivity contribution in [3.8, 4) is 0 Å². The topological polar surface area (TPSA) is 75.7 Å². The number of nitrogens with zero attached hydrogens (tertiary/aromatic N) is 1. The zero-order chi connectivity index (χ0) is 18.5. The Labute approximate surface area is 151 Å². The Hall–Kier alpha value is -2.99. The van der Waals surface area contributed by atoms with Crippen LogP contribution in [0.25, 0.3) is 0 Å². The van der Waals surface area contributed by atoms with Gasteiger partial charge >= 0.3 is 5.97 Å². The zero-order valence-corrected chi connectivity index (χ0v) is 14.5. The van der Waals surface area contributed by atoms with Gasteiger partial charge in [0.1, 0.15) is 6.04 Å². The van der Waals surface area contributed by atoms with Gasteiger partial charge in [-0.25, -0.2) is 0 Å². The lowest BCUT2D eigenvalue weighted by Crippen LogP contribution is -2.47. The molecule has 26 heavy (non-hydrogen) atoms. The van der Waals surface area contributed by atoms with E-state index in [1.165, 1.54) is 0 Å². The third kappa shape index (κ3) is 3.65. The smallest absolute Gasteiger partial charge is 0.323 e. The number of esters is 1. The van der Waals surface area contributed by atoms with Crippen LogP contribution in [-0.4, -0.2) is 42.0 Å². The fraction of sp³-hybridized carbons (Fsp3) is 0.250. The van der Waals surface area contributed by atoms with E-state index in [2.05, 4.69) is 5.32 Å². The molecule has 1 heterocycles. The number of fused-ring (bicyclic) bond motifs is 1. The first-order chi connectivity index (χ1) is 12.6. The van der Waals surface area contributed by atoms with Gasteiger partial charge in [-0.05, 0) is 31.0 Å². The molecule has 1 atom stereocenters. The lowest BCUT2D eigenvalue weighted by atomic mass is 10.1. The number of hydrogen-bond donors (Lipinski definition) is 1. The zero-order valence-electron chi connectivity index (χ0n) is 14.5. The molecule has 0 saturated carbocycles. The molecule has 0 saturated heterocycles. The van der Waals surface area contributed by atoms with E-state index in [1.54, 1.807) is 31.2 Å². The number of ether oxygens (including phenoxy) is 1. The lowest BCUT2D eigenvalue weighted by Gasteiger charge is -2.21. The molecule has 2 amide bonds. The van der Waals surface area contributed by atoms with Gasteiger partial charge in [-0.3, -0.25) is 24.6 Å². The Balaban J connectivity index is 1.71. The molecule has 1 aliphatic heterocycles. The molecule has 0 unspecified atom stereocenters. The molecule has 3 rings (SSSR count). The van der Waals surface area contributed by atoms with Crippen LogP contribution in [0.1, 0.15) is 33.2 Å². The minimum absolute atomic E-state index is 0.0529. The minimum Gasteiger partial charge on any atom is -0.465 e. The molecule has 0 fully saturated rings. The van der Waals surface area contributed by atoms with E-state index in [1.807, 2.05) is 30.3 Å². The van der Waals surface area contributed by atoms with Gasteiger partial charge < -0.3 is 4.74 Å². The van der Waals surface area contributed by atoms with Gasteiger partial charge in [-0.2, -0.15) is 0 Å². The average Bonchev–Trinajstić information content (AvgIpc) is 2.91. The van der Waals surface area contributed by atoms with Crippen molar-refractivity contribution in [3.63, 3.8) is 0 Å². The van der Waals surface area contributed by atoms with E-state index < -0.39 is 12.0 Å². The number of benzene rings is 2. The molecule has 1 aliphatic rings. The largest absolute Gasteiger partial charge is 0.465 e. The molecule has 0 aliphatic carbocycles. The molecule has 134 valence electrons. The van der Waals surface area contributed by atoms with Crippen LogP contribution >= 0.6 is 0 Å². The standard InChI is InChI=1S/C20H20N2O4/c1-2-26-20(25)17(12-14-8-4-3-5-9-14)21-13-22-18(23)15-10-6-7-11-16(15)19(22)24/h3-11,17,21H,2,12-13H2,1H3/t17-/m0/s1. The molecule has 0 bridgehead atoms. The maximum absolute atomic E-state index is 12.4. The molecule has 0 spiro atoms. The van der Waals surface area contributed by atoms with E-state index in [-0.39, 0.29) is 25.1 Å². The van der Waals surface area contributed by atoms with Crippen molar-refractivity contribution < 1.29 is 19.1 Å². The lowest BCUT2D eigenvalue weighted by molar-refractivity contribution is -0.145. The highest BCUT2D eigenvalue weighted by Gasteiger charge is 2.35. The van der Waals surface area contributed by atoms with Crippen molar-refractivity contribution in [2.24, 2.45) is 0 Å². The predicted octanol–water partition coefficient (Wildman–Crippen LogP) is 2.00. The van der Waals surface area contributed by atoms with Crippen molar-refractivity contribution >= 4 is 17.8 Å². The molecule has 6 nitrogen and oxygen atoms in total. The number of hydrogen-bond acceptors (Lipinski definition) is 5. The van der Waals surface area contributed by atoms with Crippen LogP contribution in [0.3, 0.4) is 0 Å². The van der Waals surface area contributed by atoms with Gasteiger partial charge in [0.2, 0.25) is 0 Å². The first kappa shape index (κ1) is 17.8. The summed E-state index contributed by atoms with van der Waals surface area (Å²) >= 11 is 0. The Morgan fingerprint density at radius 3 is 2.15 bits per heavy atom. The van der Waals surface area contributed by atoms with Crippen molar-refractivity contribution in [2.45, 2.75) is 19.4 Å². The van der Waals surface area contributed by atoms with Gasteiger partial charge in [0, 0.05) is 0 Å². The number of amides is 2. The van der Waals surface area contributed by atoms with Crippen LogP contribution in [0.4, 0.5) is 0 Å². The Morgan fingerprint density at radius 2 is 1.58 bits per heavy atom. The summed E-state index contributed by atoms with van der Waals surface area (Å²) in [6.45, 7) is 1.95. The highest BCUT2D eigenvalue weighted by molar-refractivity contribution is 6.21. The normalized spacial score (nSPS) is 14.3. The number of carbonyl (C=O) groups excluding carboxylic acids is 3. The Kier molecular flexibility index (Phi) is 5.43. The number of rotatable bonds is 7. The Bertz CT molecular complexity index is 785. The van der Waals surface area contributed by atoms with Crippen LogP contribution in [0.5, 0.6) is 0 Å². The summed E-state index contributed by atoms with van der Waals surface area (Å²) in [6, 6.07) is 15.5. The summed E-state index contributed by atoms with van der Waals surface area (Å²) < 4.78 is 5.12. The number of nitrogens with one attached hydrogen (secondary N) is 1. The number of carbonyl (C=O) groups is 3. The van der Waals surface area contributed by atoms with Crippen LogP contribution in [0.15, 0.2) is 54.6 Å². The molecule has 6 heteroatoms. The molecule has 1 N–H and O–H groups in total. The van der Waals surface area contributed by atoms with Crippen molar-refractivity contribution in [1.29, 1.82) is 0 Å². The summed E-state index contributed by atoms with van der Waals surface area (Å²) in [5.74, 6) is -1.13. The second-order valence-electron chi connectivity index (χ2n) is 5.94. The summed E-state index contributed by atoms with van der Waals surface area (Å²) in [5.41, 5.74) is 1.73. The van der Waals surface area contributed by atoms with E-state index in [4.69, 9.17) is 4.74 Å². The van der Waals surface area contributed by atoms with Gasteiger partial charge in [0.25, 0.3) is 11.8 Å². The first-order valence-electron chi connectivity index (χ1n) is 8.51. The molecular formula is C20H20N2O4. The van der Waals surface area contributed by atoms with Crippen LogP contribution in [0.2, 0.25) is 0 Å². The predicted molar refractivity (Wildman–Crippen MR) is 95.5 cm³/mol. The third-order valence-corrected chi connectivity index (χ3v) is 4.23. The minimum atomic E-state index is -0.651.